The highest BCUT2D eigenvalue weighted by Gasteiger charge is 2.08. The van der Waals surface area contributed by atoms with Crippen molar-refractivity contribution in [1.82, 2.24) is 4.98 Å². The summed E-state index contributed by atoms with van der Waals surface area (Å²) in [5.74, 6) is -0.891. The second-order valence-corrected chi connectivity index (χ2v) is 3.85. The summed E-state index contributed by atoms with van der Waals surface area (Å²) in [6, 6.07) is 8.93. The molecule has 0 aliphatic carbocycles. The molecule has 88 valence electrons. The first-order valence-corrected chi connectivity index (χ1v) is 5.22. The second kappa shape index (κ2) is 6.33. The Morgan fingerprint density at radius 1 is 1.29 bits per heavy atom. The topological polar surface area (TPSA) is 99.8 Å². The lowest BCUT2D eigenvalue weighted by molar-refractivity contribution is 0.0702. The number of pyridine rings is 1. The zero-order valence-corrected chi connectivity index (χ0v) is 9.29. The highest BCUT2D eigenvalue weighted by molar-refractivity contribution is 7.17. The van der Waals surface area contributed by atoms with Crippen LogP contribution in [0.2, 0.25) is 0 Å². The van der Waals surface area contributed by atoms with Gasteiger partial charge in [0, 0.05) is 6.20 Å². The van der Waals surface area contributed by atoms with E-state index in [1.54, 1.807) is 18.3 Å². The number of nitrogens with zero attached hydrogens (tertiary/aromatic N) is 2. The van der Waals surface area contributed by atoms with Crippen molar-refractivity contribution >= 4 is 17.3 Å². The summed E-state index contributed by atoms with van der Waals surface area (Å²) >= 11 is 1.23. The Morgan fingerprint density at radius 2 is 2.00 bits per heavy atom. The minimum Gasteiger partial charge on any atom is -0.477 e. The molecule has 0 spiro atoms. The summed E-state index contributed by atoms with van der Waals surface area (Å²) < 4.78 is 0. The van der Waals surface area contributed by atoms with Crippen molar-refractivity contribution in [1.29, 1.82) is 0 Å². The Labute approximate surface area is 100 Å². The molecule has 0 saturated carbocycles. The van der Waals surface area contributed by atoms with Crippen molar-refractivity contribution < 1.29 is 15.1 Å². The number of carboxylic acids is 1. The minimum absolute atomic E-state index is 0.339. The van der Waals surface area contributed by atoms with E-state index in [4.69, 9.17) is 15.2 Å². The molecule has 2 aromatic rings. The van der Waals surface area contributed by atoms with E-state index in [-0.39, 0.29) is 0 Å². The molecule has 0 unspecified atom stereocenters. The number of hydrogen-bond donors (Lipinski definition) is 2. The fraction of sp³-hybridized carbons (Fsp3) is 0. The van der Waals surface area contributed by atoms with Gasteiger partial charge in [0.2, 0.25) is 0 Å². The van der Waals surface area contributed by atoms with E-state index in [0.717, 1.165) is 10.6 Å². The number of rotatable bonds is 2. The van der Waals surface area contributed by atoms with Crippen LogP contribution in [0.25, 0.3) is 10.6 Å². The fourth-order valence-electron chi connectivity index (χ4n) is 1.10. The van der Waals surface area contributed by atoms with Crippen molar-refractivity contribution in [2.75, 3.05) is 0 Å². The monoisotopic (exact) mass is 252 g/mol. The Kier molecular flexibility index (Phi) is 4.77. The van der Waals surface area contributed by atoms with Gasteiger partial charge in [-0.2, -0.15) is 0 Å². The maximum absolute atomic E-state index is 10.6. The molecule has 7 heteroatoms. The normalized spacial score (nSPS) is 8.94. The minimum atomic E-state index is -0.891. The van der Waals surface area contributed by atoms with Crippen LogP contribution in [-0.2, 0) is 0 Å². The molecular weight excluding hydrogens is 244 g/mol. The lowest BCUT2D eigenvalue weighted by Gasteiger charge is -1.92. The largest absolute Gasteiger partial charge is 0.477 e. The molecule has 0 atom stereocenters. The number of aromatic carboxylic acids is 1. The van der Waals surface area contributed by atoms with Gasteiger partial charge in [-0.3, -0.25) is 4.98 Å². The van der Waals surface area contributed by atoms with Crippen LogP contribution < -0.4 is 0 Å². The molecule has 6 nitrogen and oxygen atoms in total. The lowest BCUT2D eigenvalue weighted by Crippen LogP contribution is -1.89. The molecule has 0 aliphatic rings. The van der Waals surface area contributed by atoms with Crippen molar-refractivity contribution in [3.63, 3.8) is 0 Å². The Hall–Kier alpha value is -2.28. The molecule has 0 amide bonds. The lowest BCUT2D eigenvalue weighted by atomic mass is 10.3. The summed E-state index contributed by atoms with van der Waals surface area (Å²) in [5, 5.41) is 16.6. The summed E-state index contributed by atoms with van der Waals surface area (Å²) in [5.41, 5.74) is 0.810. The van der Waals surface area contributed by atoms with Gasteiger partial charge in [0.05, 0.1) is 10.6 Å². The van der Waals surface area contributed by atoms with Gasteiger partial charge < -0.3 is 10.3 Å². The molecule has 0 bridgehead atoms. The highest BCUT2D eigenvalue weighted by atomic mass is 32.1. The summed E-state index contributed by atoms with van der Waals surface area (Å²) in [6.45, 7) is 0. The number of carboxylic acid groups (broad SMARTS) is 1. The third-order valence-corrected chi connectivity index (χ3v) is 2.83. The number of carbonyl (C=O) groups is 1. The average molecular weight is 252 g/mol. The Morgan fingerprint density at radius 3 is 2.47 bits per heavy atom. The number of aromatic nitrogens is 1. The molecule has 2 aromatic heterocycles. The van der Waals surface area contributed by atoms with Gasteiger partial charge in [0.15, 0.2) is 5.34 Å². The molecule has 2 rings (SSSR count). The van der Waals surface area contributed by atoms with Gasteiger partial charge in [0.25, 0.3) is 0 Å². The van der Waals surface area contributed by atoms with Crippen LogP contribution >= 0.6 is 11.3 Å². The molecule has 0 aliphatic heterocycles. The summed E-state index contributed by atoms with van der Waals surface area (Å²) in [6.07, 6.45) is 1.69. The van der Waals surface area contributed by atoms with E-state index >= 15 is 0 Å². The number of hydrogen-bond acceptors (Lipinski definition) is 5. The van der Waals surface area contributed by atoms with Crippen molar-refractivity contribution in [2.24, 2.45) is 5.34 Å². The maximum Gasteiger partial charge on any atom is 0.345 e. The van der Waals surface area contributed by atoms with Gasteiger partial charge in [-0.05, 0) is 24.3 Å². The molecule has 2 heterocycles. The van der Waals surface area contributed by atoms with E-state index in [0.29, 0.717) is 4.88 Å². The van der Waals surface area contributed by atoms with Gasteiger partial charge in [0.1, 0.15) is 4.88 Å². The summed E-state index contributed by atoms with van der Waals surface area (Å²) in [4.78, 5) is 24.1. The van der Waals surface area contributed by atoms with Crippen molar-refractivity contribution in [3.05, 3.63) is 46.3 Å². The quantitative estimate of drug-likeness (QED) is 0.632. The molecule has 0 aromatic carbocycles. The zero-order chi connectivity index (χ0) is 12.7. The van der Waals surface area contributed by atoms with Gasteiger partial charge in [-0.1, -0.05) is 6.07 Å². The van der Waals surface area contributed by atoms with Crippen LogP contribution in [0.3, 0.4) is 0 Å². The first kappa shape index (κ1) is 12.8. The Bertz CT molecular complexity index is 498. The highest BCUT2D eigenvalue weighted by Crippen LogP contribution is 2.25. The second-order valence-electron chi connectivity index (χ2n) is 2.77. The molecule has 0 radical (unpaired) electrons. The van der Waals surface area contributed by atoms with E-state index < -0.39 is 5.97 Å². The van der Waals surface area contributed by atoms with Gasteiger partial charge in [-0.25, -0.2) is 4.79 Å². The molecule has 0 saturated heterocycles. The number of thiophene rings is 1. The van der Waals surface area contributed by atoms with E-state index in [1.807, 2.05) is 18.2 Å². The first-order valence-electron chi connectivity index (χ1n) is 4.40. The van der Waals surface area contributed by atoms with Crippen LogP contribution in [0, 0.1) is 4.91 Å². The summed E-state index contributed by atoms with van der Waals surface area (Å²) in [7, 11) is 0. The van der Waals surface area contributed by atoms with E-state index in [2.05, 4.69) is 4.98 Å². The average Bonchev–Trinajstić information content (AvgIpc) is 2.80. The molecular formula is C10H8N2O4S. The maximum atomic E-state index is 10.6. The van der Waals surface area contributed by atoms with Crippen LogP contribution in [0.15, 0.2) is 41.9 Å². The van der Waals surface area contributed by atoms with Crippen molar-refractivity contribution in [3.8, 4) is 10.6 Å². The molecule has 0 fully saturated rings. The predicted octanol–water partition coefficient (Wildman–Crippen LogP) is 2.65. The molecule has 17 heavy (non-hydrogen) atoms. The van der Waals surface area contributed by atoms with E-state index in [9.17, 15) is 4.79 Å². The Balaban J connectivity index is 0.000000437. The zero-order valence-electron chi connectivity index (χ0n) is 8.48. The SMILES string of the molecule is O=C(O)c1ccc(-c2ccccn2)s1.O=NO. The van der Waals surface area contributed by atoms with E-state index in [1.165, 1.54) is 16.7 Å². The van der Waals surface area contributed by atoms with Crippen LogP contribution in [0.5, 0.6) is 0 Å². The van der Waals surface area contributed by atoms with Crippen LogP contribution in [0.4, 0.5) is 0 Å². The molecule has 2 N–H and O–H groups in total. The first-order chi connectivity index (χ1) is 8.19. The third kappa shape index (κ3) is 3.65. The van der Waals surface area contributed by atoms with Gasteiger partial charge in [-0.15, -0.1) is 16.2 Å². The standard InChI is InChI=1S/C10H7NO2S.HNO2/c12-10(13)9-5-4-8(14-9)7-3-1-2-6-11-7;2-1-3/h1-6H,(H,12,13);(H,2,3). The van der Waals surface area contributed by atoms with Crippen LogP contribution in [0.1, 0.15) is 9.67 Å². The smallest absolute Gasteiger partial charge is 0.345 e. The predicted molar refractivity (Wildman–Crippen MR) is 62.1 cm³/mol. The van der Waals surface area contributed by atoms with Crippen LogP contribution in [-0.4, -0.2) is 21.3 Å². The third-order valence-electron chi connectivity index (χ3n) is 1.73. The van der Waals surface area contributed by atoms with Gasteiger partial charge >= 0.3 is 5.97 Å². The van der Waals surface area contributed by atoms with Crippen molar-refractivity contribution in [2.45, 2.75) is 0 Å². The fourth-order valence-corrected chi connectivity index (χ4v) is 1.92.